The molecule has 0 atom stereocenters. The van der Waals surface area contributed by atoms with Crippen molar-refractivity contribution in [1.29, 1.82) is 0 Å². The maximum Gasteiger partial charge on any atom is 0.332 e. The normalized spacial score (nSPS) is 15.4. The molecular formula is C19H17N3O4. The summed E-state index contributed by atoms with van der Waals surface area (Å²) in [5, 5.41) is 2.65. The maximum atomic E-state index is 12.7. The third kappa shape index (κ3) is 2.95. The van der Waals surface area contributed by atoms with Crippen molar-refractivity contribution in [2.24, 2.45) is 5.92 Å². The first-order chi connectivity index (χ1) is 12.4. The summed E-state index contributed by atoms with van der Waals surface area (Å²) in [5.74, 6) is -4.04. The third-order valence-corrected chi connectivity index (χ3v) is 4.26. The summed E-state index contributed by atoms with van der Waals surface area (Å²) in [4.78, 5) is 50.5. The van der Waals surface area contributed by atoms with Gasteiger partial charge in [-0.15, -0.1) is 0 Å². The fraction of sp³-hybridized carbons (Fsp3) is 0.158. The number of rotatable bonds is 3. The third-order valence-electron chi connectivity index (χ3n) is 4.26. The Morgan fingerprint density at radius 2 is 1.38 bits per heavy atom. The van der Waals surface area contributed by atoms with Crippen molar-refractivity contribution in [1.82, 2.24) is 9.80 Å². The standard InChI is InChI=1S/C19H17N3O4/c1-21-17(24)15(18(25)22(2)19(21)26)16(23)20-14-11-7-6-10-13(14)12-8-4-3-5-9-12/h3-11,15H,1-2H3,(H,20,23). The summed E-state index contributed by atoms with van der Waals surface area (Å²) in [6.07, 6.45) is 0. The first-order valence-corrected chi connectivity index (χ1v) is 7.96. The van der Waals surface area contributed by atoms with Crippen LogP contribution >= 0.6 is 0 Å². The summed E-state index contributed by atoms with van der Waals surface area (Å²) in [7, 11) is 2.48. The fourth-order valence-corrected chi connectivity index (χ4v) is 2.80. The Morgan fingerprint density at radius 1 is 0.846 bits per heavy atom. The van der Waals surface area contributed by atoms with Crippen LogP contribution in [0.4, 0.5) is 10.5 Å². The lowest BCUT2D eigenvalue weighted by atomic mass is 10.0. The molecule has 3 rings (SSSR count). The van der Waals surface area contributed by atoms with Gasteiger partial charge in [-0.3, -0.25) is 24.2 Å². The second kappa shape index (κ2) is 6.79. The Kier molecular flexibility index (Phi) is 4.53. The molecule has 0 bridgehead atoms. The van der Waals surface area contributed by atoms with Gasteiger partial charge in [-0.2, -0.15) is 0 Å². The van der Waals surface area contributed by atoms with Gasteiger partial charge in [-0.25, -0.2) is 4.79 Å². The van der Waals surface area contributed by atoms with Crippen molar-refractivity contribution in [3.63, 3.8) is 0 Å². The number of carbonyl (C=O) groups is 4. The molecule has 7 nitrogen and oxygen atoms in total. The van der Waals surface area contributed by atoms with Crippen molar-refractivity contribution in [2.75, 3.05) is 19.4 Å². The molecule has 1 saturated heterocycles. The van der Waals surface area contributed by atoms with Crippen LogP contribution in [0.15, 0.2) is 54.6 Å². The van der Waals surface area contributed by atoms with Crippen LogP contribution in [0.25, 0.3) is 11.1 Å². The van der Waals surface area contributed by atoms with Crippen molar-refractivity contribution >= 4 is 29.4 Å². The van der Waals surface area contributed by atoms with Crippen LogP contribution in [0.1, 0.15) is 0 Å². The highest BCUT2D eigenvalue weighted by atomic mass is 16.2. The minimum atomic E-state index is -1.59. The molecule has 1 heterocycles. The predicted octanol–water partition coefficient (Wildman–Crippen LogP) is 1.96. The van der Waals surface area contributed by atoms with Gasteiger partial charge in [0.2, 0.25) is 5.91 Å². The van der Waals surface area contributed by atoms with Crippen molar-refractivity contribution in [3.8, 4) is 11.1 Å². The van der Waals surface area contributed by atoms with Crippen LogP contribution in [0, 0.1) is 5.92 Å². The smallest absolute Gasteiger partial charge is 0.324 e. The molecule has 1 aliphatic rings. The van der Waals surface area contributed by atoms with Crippen molar-refractivity contribution < 1.29 is 19.2 Å². The van der Waals surface area contributed by atoms with Gasteiger partial charge in [0.1, 0.15) is 0 Å². The highest BCUT2D eigenvalue weighted by Crippen LogP contribution is 2.28. The highest BCUT2D eigenvalue weighted by Gasteiger charge is 2.46. The minimum Gasteiger partial charge on any atom is -0.324 e. The lowest BCUT2D eigenvalue weighted by Gasteiger charge is -2.32. The number of hydrogen-bond acceptors (Lipinski definition) is 4. The van der Waals surface area contributed by atoms with Crippen LogP contribution in [0.2, 0.25) is 0 Å². The number of imide groups is 2. The monoisotopic (exact) mass is 351 g/mol. The van der Waals surface area contributed by atoms with E-state index in [1.54, 1.807) is 12.1 Å². The number of benzene rings is 2. The van der Waals surface area contributed by atoms with Crippen molar-refractivity contribution in [3.05, 3.63) is 54.6 Å². The molecule has 0 aromatic heterocycles. The van der Waals surface area contributed by atoms with E-state index in [0.29, 0.717) is 5.69 Å². The quantitative estimate of drug-likeness (QED) is 0.857. The van der Waals surface area contributed by atoms with Gasteiger partial charge < -0.3 is 5.32 Å². The second-order valence-electron chi connectivity index (χ2n) is 5.91. The highest BCUT2D eigenvalue weighted by molar-refractivity contribution is 6.28. The number of para-hydroxylation sites is 1. The topological polar surface area (TPSA) is 86.8 Å². The van der Waals surface area contributed by atoms with E-state index < -0.39 is 29.7 Å². The van der Waals surface area contributed by atoms with E-state index in [1.807, 2.05) is 42.5 Å². The van der Waals surface area contributed by atoms with Gasteiger partial charge in [0.15, 0.2) is 5.92 Å². The molecule has 0 unspecified atom stereocenters. The molecule has 0 spiro atoms. The Hall–Kier alpha value is -3.48. The molecule has 5 amide bonds. The summed E-state index contributed by atoms with van der Waals surface area (Å²) in [5.41, 5.74) is 2.12. The molecule has 1 aliphatic heterocycles. The summed E-state index contributed by atoms with van der Waals surface area (Å²) < 4.78 is 0. The Morgan fingerprint density at radius 3 is 2.00 bits per heavy atom. The summed E-state index contributed by atoms with van der Waals surface area (Å²) in [6, 6.07) is 15.7. The number of hydrogen-bond donors (Lipinski definition) is 1. The number of nitrogens with zero attached hydrogens (tertiary/aromatic N) is 2. The molecule has 1 N–H and O–H groups in total. The molecule has 2 aromatic carbocycles. The van der Waals surface area contributed by atoms with Gasteiger partial charge in [0.25, 0.3) is 11.8 Å². The molecule has 2 aromatic rings. The van der Waals surface area contributed by atoms with Gasteiger partial charge in [0.05, 0.1) is 0 Å². The van der Waals surface area contributed by atoms with Gasteiger partial charge >= 0.3 is 6.03 Å². The zero-order chi connectivity index (χ0) is 18.8. The van der Waals surface area contributed by atoms with Crippen molar-refractivity contribution in [2.45, 2.75) is 0 Å². The van der Waals surface area contributed by atoms with Crippen LogP contribution in [0.3, 0.4) is 0 Å². The van der Waals surface area contributed by atoms with E-state index in [2.05, 4.69) is 5.32 Å². The van der Waals surface area contributed by atoms with Gasteiger partial charge in [0, 0.05) is 25.3 Å². The van der Waals surface area contributed by atoms with E-state index >= 15 is 0 Å². The number of amides is 5. The molecule has 1 fully saturated rings. The van der Waals surface area contributed by atoms with Gasteiger partial charge in [-0.05, 0) is 11.6 Å². The Balaban J connectivity index is 1.91. The summed E-state index contributed by atoms with van der Waals surface area (Å²) >= 11 is 0. The second-order valence-corrected chi connectivity index (χ2v) is 5.91. The molecule has 0 saturated carbocycles. The molecular weight excluding hydrogens is 334 g/mol. The largest absolute Gasteiger partial charge is 0.332 e. The van der Waals surface area contributed by atoms with E-state index in [1.165, 1.54) is 14.1 Å². The van der Waals surface area contributed by atoms with Crippen LogP contribution in [0.5, 0.6) is 0 Å². The minimum absolute atomic E-state index is 0.478. The molecule has 132 valence electrons. The Bertz CT molecular complexity index is 871. The number of nitrogens with one attached hydrogen (secondary N) is 1. The first-order valence-electron chi connectivity index (χ1n) is 7.96. The average molecular weight is 351 g/mol. The molecule has 0 aliphatic carbocycles. The van der Waals surface area contributed by atoms with Crippen LogP contribution in [-0.2, 0) is 14.4 Å². The zero-order valence-corrected chi connectivity index (χ0v) is 14.3. The predicted molar refractivity (Wildman–Crippen MR) is 94.9 cm³/mol. The van der Waals surface area contributed by atoms with E-state index in [4.69, 9.17) is 0 Å². The first kappa shape index (κ1) is 17.3. The zero-order valence-electron chi connectivity index (χ0n) is 14.3. The molecule has 0 radical (unpaired) electrons. The maximum absolute atomic E-state index is 12.7. The molecule has 26 heavy (non-hydrogen) atoms. The molecule has 7 heteroatoms. The lowest BCUT2D eigenvalue weighted by Crippen LogP contribution is -2.59. The SMILES string of the molecule is CN1C(=O)C(C(=O)Nc2ccccc2-c2ccccc2)C(=O)N(C)C1=O. The van der Waals surface area contributed by atoms with E-state index in [0.717, 1.165) is 20.9 Å². The van der Waals surface area contributed by atoms with E-state index in [-0.39, 0.29) is 0 Å². The lowest BCUT2D eigenvalue weighted by molar-refractivity contribution is -0.151. The van der Waals surface area contributed by atoms with Crippen LogP contribution in [-0.4, -0.2) is 47.6 Å². The number of carbonyl (C=O) groups excluding carboxylic acids is 4. The average Bonchev–Trinajstić information content (AvgIpc) is 2.66. The number of barbiturate groups is 1. The summed E-state index contributed by atoms with van der Waals surface area (Å²) in [6.45, 7) is 0. The Labute approximate surface area is 150 Å². The fourth-order valence-electron chi connectivity index (χ4n) is 2.80. The van der Waals surface area contributed by atoms with E-state index in [9.17, 15) is 19.2 Å². The number of urea groups is 1. The number of anilines is 1. The van der Waals surface area contributed by atoms with Crippen LogP contribution < -0.4 is 5.32 Å². The van der Waals surface area contributed by atoms with Gasteiger partial charge in [-0.1, -0.05) is 48.5 Å².